The Morgan fingerprint density at radius 1 is 1.00 bits per heavy atom. The highest BCUT2D eigenvalue weighted by Gasteiger charge is 2.01. The van der Waals surface area contributed by atoms with Crippen LogP contribution in [0.2, 0.25) is 0 Å². The van der Waals surface area contributed by atoms with E-state index in [4.69, 9.17) is 5.11 Å². The Bertz CT molecular complexity index is 461. The lowest BCUT2D eigenvalue weighted by atomic mass is 10.1. The molecule has 2 aromatic carbocycles. The van der Waals surface area contributed by atoms with Gasteiger partial charge in [-0.25, -0.2) is 4.79 Å². The molecule has 0 unspecified atom stereocenters. The number of hydrogen-bond acceptors (Lipinski definition) is 1. The van der Waals surface area contributed by atoms with Gasteiger partial charge in [0, 0.05) is 0 Å². The fourth-order valence-corrected chi connectivity index (χ4v) is 1.32. The molecule has 2 nitrogen and oxygen atoms in total. The smallest absolute Gasteiger partial charge is 0.335 e. The Labute approximate surface area is 89.2 Å². The predicted octanol–water partition coefficient (Wildman–Crippen LogP) is 3.56. The van der Waals surface area contributed by atoms with E-state index in [0.29, 0.717) is 5.56 Å². The van der Waals surface area contributed by atoms with Crippen LogP contribution in [0.1, 0.15) is 24.2 Å². The van der Waals surface area contributed by atoms with E-state index in [9.17, 15) is 4.79 Å². The summed E-state index contributed by atoms with van der Waals surface area (Å²) in [5.74, 6) is -0.884. The molecule has 1 N–H and O–H groups in total. The molecule has 0 bridgehead atoms. The van der Waals surface area contributed by atoms with Crippen LogP contribution in [0.25, 0.3) is 10.8 Å². The van der Waals surface area contributed by atoms with Crippen LogP contribution in [0.15, 0.2) is 42.5 Å². The van der Waals surface area contributed by atoms with Crippen LogP contribution in [-0.4, -0.2) is 11.1 Å². The molecule has 0 aliphatic carbocycles. The normalized spacial score (nSPS) is 9.20. The van der Waals surface area contributed by atoms with E-state index in [1.54, 1.807) is 12.1 Å². The summed E-state index contributed by atoms with van der Waals surface area (Å²) >= 11 is 0. The van der Waals surface area contributed by atoms with Crippen LogP contribution in [-0.2, 0) is 0 Å². The predicted molar refractivity (Wildman–Crippen MR) is 62.3 cm³/mol. The lowest BCUT2D eigenvalue weighted by Gasteiger charge is -1.98. The zero-order valence-electron chi connectivity index (χ0n) is 8.90. The largest absolute Gasteiger partial charge is 0.478 e. The van der Waals surface area contributed by atoms with Gasteiger partial charge in [0.15, 0.2) is 0 Å². The van der Waals surface area contributed by atoms with Gasteiger partial charge in [0.1, 0.15) is 0 Å². The lowest BCUT2D eigenvalue weighted by molar-refractivity contribution is 0.0697. The number of rotatable bonds is 1. The van der Waals surface area contributed by atoms with E-state index in [1.165, 1.54) is 0 Å². The van der Waals surface area contributed by atoms with Gasteiger partial charge in [-0.1, -0.05) is 44.2 Å². The number of hydrogen-bond donors (Lipinski definition) is 1. The van der Waals surface area contributed by atoms with Crippen molar-refractivity contribution in [3.63, 3.8) is 0 Å². The molecule has 2 aromatic rings. The standard InChI is InChI=1S/C11H8O2.C2H6/c12-11(13)10-6-5-8-3-1-2-4-9(8)7-10;1-2/h1-7H,(H,12,13);1-2H3. The van der Waals surface area contributed by atoms with Gasteiger partial charge >= 0.3 is 5.97 Å². The molecule has 0 saturated heterocycles. The fourth-order valence-electron chi connectivity index (χ4n) is 1.32. The lowest BCUT2D eigenvalue weighted by Crippen LogP contribution is -1.94. The minimum atomic E-state index is -0.884. The van der Waals surface area contributed by atoms with Crippen LogP contribution in [0.3, 0.4) is 0 Å². The second-order valence-corrected chi connectivity index (χ2v) is 2.87. The molecule has 0 atom stereocenters. The van der Waals surface area contributed by atoms with Crippen LogP contribution < -0.4 is 0 Å². The van der Waals surface area contributed by atoms with Gasteiger partial charge in [-0.2, -0.15) is 0 Å². The zero-order chi connectivity index (χ0) is 11.3. The number of aromatic carboxylic acids is 1. The summed E-state index contributed by atoms with van der Waals surface area (Å²) in [5, 5.41) is 10.8. The van der Waals surface area contributed by atoms with Crippen molar-refractivity contribution < 1.29 is 9.90 Å². The third kappa shape index (κ3) is 2.56. The van der Waals surface area contributed by atoms with Crippen molar-refractivity contribution in [2.45, 2.75) is 13.8 Å². The second kappa shape index (κ2) is 5.15. The molecule has 0 aromatic heterocycles. The van der Waals surface area contributed by atoms with Crippen molar-refractivity contribution in [2.24, 2.45) is 0 Å². The van der Waals surface area contributed by atoms with Gasteiger partial charge in [0.25, 0.3) is 0 Å². The van der Waals surface area contributed by atoms with E-state index >= 15 is 0 Å². The van der Waals surface area contributed by atoms with E-state index in [-0.39, 0.29) is 0 Å². The van der Waals surface area contributed by atoms with E-state index in [0.717, 1.165) is 10.8 Å². The molecule has 2 rings (SSSR count). The highest BCUT2D eigenvalue weighted by molar-refractivity contribution is 5.94. The van der Waals surface area contributed by atoms with Gasteiger partial charge < -0.3 is 5.11 Å². The van der Waals surface area contributed by atoms with Crippen LogP contribution in [0, 0.1) is 0 Å². The van der Waals surface area contributed by atoms with Crippen LogP contribution >= 0.6 is 0 Å². The molecule has 78 valence electrons. The average Bonchev–Trinajstić information content (AvgIpc) is 2.31. The number of carbonyl (C=O) groups is 1. The van der Waals surface area contributed by atoms with Gasteiger partial charge in [-0.3, -0.25) is 0 Å². The van der Waals surface area contributed by atoms with Gasteiger partial charge in [-0.15, -0.1) is 0 Å². The molecule has 0 saturated carbocycles. The molecule has 0 radical (unpaired) electrons. The molecule has 0 aliphatic heterocycles. The first-order valence-electron chi connectivity index (χ1n) is 4.99. The van der Waals surface area contributed by atoms with Gasteiger partial charge in [0.2, 0.25) is 0 Å². The summed E-state index contributed by atoms with van der Waals surface area (Å²) in [7, 11) is 0. The van der Waals surface area contributed by atoms with Crippen molar-refractivity contribution in [3.8, 4) is 0 Å². The van der Waals surface area contributed by atoms with E-state index in [1.807, 2.05) is 44.2 Å². The van der Waals surface area contributed by atoms with Crippen molar-refractivity contribution in [3.05, 3.63) is 48.0 Å². The van der Waals surface area contributed by atoms with Crippen molar-refractivity contribution >= 4 is 16.7 Å². The minimum absolute atomic E-state index is 0.332. The topological polar surface area (TPSA) is 37.3 Å². The third-order valence-corrected chi connectivity index (χ3v) is 2.00. The summed E-state index contributed by atoms with van der Waals surface area (Å²) < 4.78 is 0. The Kier molecular flexibility index (Phi) is 3.86. The summed E-state index contributed by atoms with van der Waals surface area (Å²) in [6.07, 6.45) is 0. The molecular weight excluding hydrogens is 188 g/mol. The van der Waals surface area contributed by atoms with Gasteiger partial charge in [0.05, 0.1) is 5.56 Å². The molecule has 0 aliphatic rings. The molecule has 0 spiro atoms. The Balaban J connectivity index is 0.000000531. The maximum Gasteiger partial charge on any atom is 0.335 e. The molecule has 0 heterocycles. The SMILES string of the molecule is CC.O=C(O)c1ccc2ccccc2c1. The highest BCUT2D eigenvalue weighted by Crippen LogP contribution is 2.15. The number of benzene rings is 2. The molecule has 0 fully saturated rings. The second-order valence-electron chi connectivity index (χ2n) is 2.87. The molecule has 15 heavy (non-hydrogen) atoms. The molecule has 2 heteroatoms. The molecule has 0 amide bonds. The zero-order valence-corrected chi connectivity index (χ0v) is 8.90. The summed E-state index contributed by atoms with van der Waals surface area (Å²) in [4.78, 5) is 10.6. The maximum atomic E-state index is 10.6. The van der Waals surface area contributed by atoms with E-state index < -0.39 is 5.97 Å². The summed E-state index contributed by atoms with van der Waals surface area (Å²) in [5.41, 5.74) is 0.332. The van der Waals surface area contributed by atoms with Crippen molar-refractivity contribution in [1.82, 2.24) is 0 Å². The number of carboxylic acid groups (broad SMARTS) is 1. The quantitative estimate of drug-likeness (QED) is 0.767. The average molecular weight is 202 g/mol. The number of carboxylic acids is 1. The first-order chi connectivity index (χ1) is 7.27. The monoisotopic (exact) mass is 202 g/mol. The summed E-state index contributed by atoms with van der Waals surface area (Å²) in [6, 6.07) is 12.8. The first kappa shape index (κ1) is 11.2. The Morgan fingerprint density at radius 2 is 1.60 bits per heavy atom. The molecular formula is C13H14O2. The minimum Gasteiger partial charge on any atom is -0.478 e. The van der Waals surface area contributed by atoms with E-state index in [2.05, 4.69) is 0 Å². The maximum absolute atomic E-state index is 10.6. The number of fused-ring (bicyclic) bond motifs is 1. The third-order valence-electron chi connectivity index (χ3n) is 2.00. The van der Waals surface area contributed by atoms with Crippen molar-refractivity contribution in [2.75, 3.05) is 0 Å². The Morgan fingerprint density at radius 3 is 2.20 bits per heavy atom. The first-order valence-corrected chi connectivity index (χ1v) is 4.99. The van der Waals surface area contributed by atoms with Gasteiger partial charge in [-0.05, 0) is 22.9 Å². The Hall–Kier alpha value is -1.83. The van der Waals surface area contributed by atoms with Crippen LogP contribution in [0.5, 0.6) is 0 Å². The highest BCUT2D eigenvalue weighted by atomic mass is 16.4. The summed E-state index contributed by atoms with van der Waals surface area (Å²) in [6.45, 7) is 4.00. The van der Waals surface area contributed by atoms with Crippen LogP contribution in [0.4, 0.5) is 0 Å². The van der Waals surface area contributed by atoms with Crippen molar-refractivity contribution in [1.29, 1.82) is 0 Å². The fraction of sp³-hybridized carbons (Fsp3) is 0.154.